The van der Waals surface area contributed by atoms with Crippen LogP contribution in [0, 0.1) is 5.82 Å². The minimum Gasteiger partial charge on any atom is -0.493 e. The molecule has 0 spiro atoms. The van der Waals surface area contributed by atoms with E-state index in [2.05, 4.69) is 37.2 Å². The molecule has 0 saturated carbocycles. The van der Waals surface area contributed by atoms with Crippen LogP contribution in [-0.2, 0) is 6.54 Å². The third-order valence-corrected chi connectivity index (χ3v) is 6.94. The molecule has 1 fully saturated rings. The number of nitrogens with one attached hydrogen (secondary N) is 1. The van der Waals surface area contributed by atoms with E-state index in [4.69, 9.17) is 9.47 Å². The lowest BCUT2D eigenvalue weighted by Gasteiger charge is -2.38. The molecule has 1 atom stereocenters. The maximum Gasteiger partial charge on any atom is 0.253 e. The normalized spacial score (nSPS) is 15.7. The largest absolute Gasteiger partial charge is 0.493 e. The monoisotopic (exact) mass is 507 g/mol. The second-order valence-electron chi connectivity index (χ2n) is 9.04. The molecule has 0 radical (unpaired) electrons. The lowest BCUT2D eigenvalue weighted by molar-refractivity contribution is 0.108. The van der Waals surface area contributed by atoms with Gasteiger partial charge >= 0.3 is 0 Å². The summed E-state index contributed by atoms with van der Waals surface area (Å²) in [6.07, 6.45) is 0. The molecular formula is C26H30FN7O3. The fourth-order valence-electron chi connectivity index (χ4n) is 4.87. The van der Waals surface area contributed by atoms with E-state index in [1.165, 1.54) is 12.1 Å². The van der Waals surface area contributed by atoms with Crippen molar-refractivity contribution in [2.45, 2.75) is 19.5 Å². The summed E-state index contributed by atoms with van der Waals surface area (Å²) in [5, 5.41) is 13.4. The van der Waals surface area contributed by atoms with Gasteiger partial charge in [0, 0.05) is 43.2 Å². The number of pyridine rings is 1. The zero-order valence-electron chi connectivity index (χ0n) is 21.1. The molecule has 194 valence electrons. The first kappa shape index (κ1) is 24.8. The molecule has 2 aromatic heterocycles. The van der Waals surface area contributed by atoms with Gasteiger partial charge in [0.1, 0.15) is 11.9 Å². The van der Waals surface area contributed by atoms with Gasteiger partial charge in [0.15, 0.2) is 17.3 Å². The number of methoxy groups -OCH3 is 2. The van der Waals surface area contributed by atoms with Gasteiger partial charge in [-0.05, 0) is 46.8 Å². The molecule has 37 heavy (non-hydrogen) atoms. The molecule has 4 aromatic rings. The second-order valence-corrected chi connectivity index (χ2v) is 9.04. The summed E-state index contributed by atoms with van der Waals surface area (Å²) in [6, 6.07) is 11.2. The van der Waals surface area contributed by atoms with Gasteiger partial charge in [-0.2, -0.15) is 0 Å². The van der Waals surface area contributed by atoms with E-state index >= 15 is 0 Å². The fourth-order valence-corrected chi connectivity index (χ4v) is 4.87. The average Bonchev–Trinajstić information content (AvgIpc) is 3.37. The van der Waals surface area contributed by atoms with Crippen molar-refractivity contribution in [3.05, 3.63) is 75.6 Å². The van der Waals surface area contributed by atoms with Gasteiger partial charge in [0.25, 0.3) is 5.56 Å². The molecule has 3 heterocycles. The quantitative estimate of drug-likeness (QED) is 0.388. The summed E-state index contributed by atoms with van der Waals surface area (Å²) in [5.41, 5.74) is 1.82. The zero-order chi connectivity index (χ0) is 25.9. The average molecular weight is 508 g/mol. The number of H-pyrrole nitrogens is 1. The van der Waals surface area contributed by atoms with Crippen LogP contribution in [0.25, 0.3) is 10.9 Å². The van der Waals surface area contributed by atoms with Gasteiger partial charge in [0.2, 0.25) is 0 Å². The van der Waals surface area contributed by atoms with E-state index in [0.29, 0.717) is 34.9 Å². The van der Waals surface area contributed by atoms with Crippen LogP contribution in [0.4, 0.5) is 4.39 Å². The van der Waals surface area contributed by atoms with Crippen LogP contribution >= 0.6 is 0 Å². The van der Waals surface area contributed by atoms with Crippen LogP contribution in [0.15, 0.2) is 47.3 Å². The number of fused-ring (bicyclic) bond motifs is 1. The highest BCUT2D eigenvalue weighted by Gasteiger charge is 2.32. The smallest absolute Gasteiger partial charge is 0.253 e. The predicted octanol–water partition coefficient (Wildman–Crippen LogP) is 2.45. The second kappa shape index (κ2) is 10.7. The van der Waals surface area contributed by atoms with E-state index in [9.17, 15) is 9.18 Å². The van der Waals surface area contributed by atoms with Gasteiger partial charge < -0.3 is 19.4 Å². The summed E-state index contributed by atoms with van der Waals surface area (Å²) in [4.78, 5) is 21.1. The van der Waals surface area contributed by atoms with Crippen LogP contribution in [0.1, 0.15) is 29.9 Å². The van der Waals surface area contributed by atoms with Crippen molar-refractivity contribution in [1.82, 2.24) is 35.0 Å². The summed E-state index contributed by atoms with van der Waals surface area (Å²) in [7, 11) is 3.14. The standard InChI is InChI=1S/C26H30FN7O3/c1-4-32-9-11-33(12-10-32)24(25-29-30-31-34(25)16-17-5-7-19(27)8-6-17)20-13-18-14-22(36-2)23(37-3)15-21(18)28-26(20)35/h5-8,13-15,24H,4,9-12,16H2,1-3H3,(H,28,35)/t24-/m1/s1. The van der Waals surface area contributed by atoms with Crippen LogP contribution in [-0.4, -0.2) is 81.9 Å². The van der Waals surface area contributed by atoms with Crippen molar-refractivity contribution in [3.63, 3.8) is 0 Å². The summed E-state index contributed by atoms with van der Waals surface area (Å²) >= 11 is 0. The van der Waals surface area contributed by atoms with E-state index in [1.807, 2.05) is 12.1 Å². The molecular weight excluding hydrogens is 477 g/mol. The van der Waals surface area contributed by atoms with Crippen LogP contribution < -0.4 is 15.0 Å². The van der Waals surface area contributed by atoms with E-state index in [-0.39, 0.29) is 11.4 Å². The lowest BCUT2D eigenvalue weighted by atomic mass is 10.0. The number of nitrogens with zero attached hydrogens (tertiary/aromatic N) is 6. The Bertz CT molecular complexity index is 1430. The molecule has 0 unspecified atom stereocenters. The summed E-state index contributed by atoms with van der Waals surface area (Å²) in [5.74, 6) is 1.36. The first-order valence-corrected chi connectivity index (χ1v) is 12.3. The zero-order valence-corrected chi connectivity index (χ0v) is 21.1. The van der Waals surface area contributed by atoms with Crippen LogP contribution in [0.2, 0.25) is 0 Å². The predicted molar refractivity (Wildman–Crippen MR) is 137 cm³/mol. The molecule has 5 rings (SSSR count). The fraction of sp³-hybridized carbons (Fsp3) is 0.385. The third kappa shape index (κ3) is 5.05. The highest BCUT2D eigenvalue weighted by atomic mass is 19.1. The molecule has 11 heteroatoms. The number of hydrogen-bond donors (Lipinski definition) is 1. The number of aromatic nitrogens is 5. The van der Waals surface area contributed by atoms with Gasteiger partial charge in [-0.1, -0.05) is 19.1 Å². The van der Waals surface area contributed by atoms with Gasteiger partial charge in [-0.15, -0.1) is 5.10 Å². The first-order valence-electron chi connectivity index (χ1n) is 12.3. The number of tetrazole rings is 1. The number of halogens is 1. The maximum absolute atomic E-state index is 13.5. The van der Waals surface area contributed by atoms with E-state index in [0.717, 1.165) is 43.7 Å². The first-order chi connectivity index (χ1) is 18.0. The van der Waals surface area contributed by atoms with Gasteiger partial charge in [-0.3, -0.25) is 9.69 Å². The number of rotatable bonds is 8. The Balaban J connectivity index is 1.60. The SMILES string of the molecule is CCN1CCN([C@H](c2cc3cc(OC)c(OC)cc3[nH]c2=O)c2nnnn2Cc2ccc(F)cc2)CC1. The number of benzene rings is 2. The molecule has 1 N–H and O–H groups in total. The highest BCUT2D eigenvalue weighted by Crippen LogP contribution is 2.33. The highest BCUT2D eigenvalue weighted by molar-refractivity contribution is 5.83. The minimum atomic E-state index is -0.476. The minimum absolute atomic E-state index is 0.223. The molecule has 1 aliphatic heterocycles. The van der Waals surface area contributed by atoms with E-state index in [1.54, 1.807) is 37.1 Å². The number of hydrogen-bond acceptors (Lipinski definition) is 8. The molecule has 0 amide bonds. The Morgan fingerprint density at radius 2 is 1.73 bits per heavy atom. The molecule has 0 bridgehead atoms. The van der Waals surface area contributed by atoms with Crippen molar-refractivity contribution in [3.8, 4) is 11.5 Å². The lowest BCUT2D eigenvalue weighted by Crippen LogP contribution is -2.49. The Labute approximate surface area is 213 Å². The Morgan fingerprint density at radius 3 is 2.41 bits per heavy atom. The molecule has 1 aliphatic rings. The topological polar surface area (TPSA) is 101 Å². The summed E-state index contributed by atoms with van der Waals surface area (Å²) in [6.45, 7) is 6.73. The number of aromatic amines is 1. The van der Waals surface area contributed by atoms with Crippen LogP contribution in [0.5, 0.6) is 11.5 Å². The van der Waals surface area contributed by atoms with Crippen molar-refractivity contribution in [2.24, 2.45) is 0 Å². The number of piperazine rings is 1. The Kier molecular flexibility index (Phi) is 7.15. The van der Waals surface area contributed by atoms with Crippen LogP contribution in [0.3, 0.4) is 0 Å². The Morgan fingerprint density at radius 1 is 1.03 bits per heavy atom. The van der Waals surface area contributed by atoms with Gasteiger partial charge in [-0.25, -0.2) is 9.07 Å². The number of likely N-dealkylation sites (N-methyl/N-ethyl adjacent to an activating group) is 1. The molecule has 0 aliphatic carbocycles. The Hall–Kier alpha value is -3.83. The van der Waals surface area contributed by atoms with Gasteiger partial charge in [0.05, 0.1) is 26.3 Å². The van der Waals surface area contributed by atoms with Crippen molar-refractivity contribution >= 4 is 10.9 Å². The molecule has 2 aromatic carbocycles. The van der Waals surface area contributed by atoms with Crippen molar-refractivity contribution in [1.29, 1.82) is 0 Å². The van der Waals surface area contributed by atoms with Crippen molar-refractivity contribution in [2.75, 3.05) is 46.9 Å². The number of ether oxygens (including phenoxy) is 2. The van der Waals surface area contributed by atoms with E-state index < -0.39 is 6.04 Å². The molecule has 10 nitrogen and oxygen atoms in total. The summed E-state index contributed by atoms with van der Waals surface area (Å²) < 4.78 is 26.0. The van der Waals surface area contributed by atoms with Crippen molar-refractivity contribution < 1.29 is 13.9 Å². The maximum atomic E-state index is 13.5. The molecule has 1 saturated heterocycles. The third-order valence-electron chi connectivity index (χ3n) is 6.94.